The van der Waals surface area contributed by atoms with E-state index in [2.05, 4.69) is 9.46 Å². The zero-order valence-corrected chi connectivity index (χ0v) is 17.2. The number of amides is 1. The van der Waals surface area contributed by atoms with Gasteiger partial charge >= 0.3 is 5.97 Å². The van der Waals surface area contributed by atoms with E-state index in [1.807, 2.05) is 0 Å². The number of methoxy groups -OCH3 is 1. The highest BCUT2D eigenvalue weighted by molar-refractivity contribution is 7.92. The van der Waals surface area contributed by atoms with Crippen LogP contribution in [0, 0.1) is 5.92 Å². The number of rotatable bonds is 5. The van der Waals surface area contributed by atoms with Crippen LogP contribution in [0.4, 0.5) is 11.4 Å². The van der Waals surface area contributed by atoms with Crippen molar-refractivity contribution in [3.05, 3.63) is 52.5 Å². The van der Waals surface area contributed by atoms with Gasteiger partial charge in [0.2, 0.25) is 5.91 Å². The number of carbonyl (C=O) groups is 2. The number of carbonyl (C=O) groups excluding carboxylic acids is 2. The number of ether oxygens (including phenoxy) is 1. The summed E-state index contributed by atoms with van der Waals surface area (Å²) in [5.41, 5.74) is 1.85. The fraction of sp³-hybridized carbons (Fsp3) is 0.300. The quantitative estimate of drug-likeness (QED) is 0.729. The SMILES string of the molecule is COC(=O)c1ccc(Cl)c(NS(=O)(=O)c2ccc3c(c2)CCN3C(=O)C2CC2)c1. The van der Waals surface area contributed by atoms with E-state index in [-0.39, 0.29) is 33.0 Å². The largest absolute Gasteiger partial charge is 0.465 e. The zero-order valence-electron chi connectivity index (χ0n) is 15.6. The van der Waals surface area contributed by atoms with Gasteiger partial charge in [-0.3, -0.25) is 9.52 Å². The van der Waals surface area contributed by atoms with Crippen molar-refractivity contribution in [3.8, 4) is 0 Å². The van der Waals surface area contributed by atoms with Gasteiger partial charge in [0.25, 0.3) is 10.0 Å². The number of esters is 1. The minimum atomic E-state index is -3.94. The normalized spacial score (nSPS) is 15.7. The van der Waals surface area contributed by atoms with Crippen LogP contribution in [-0.4, -0.2) is 33.9 Å². The highest BCUT2D eigenvalue weighted by Crippen LogP contribution is 2.37. The van der Waals surface area contributed by atoms with Crippen molar-refractivity contribution in [1.82, 2.24) is 0 Å². The van der Waals surface area contributed by atoms with Gasteiger partial charge in [-0.15, -0.1) is 0 Å². The molecule has 0 bridgehead atoms. The van der Waals surface area contributed by atoms with Crippen LogP contribution in [0.25, 0.3) is 0 Å². The van der Waals surface area contributed by atoms with E-state index in [4.69, 9.17) is 11.6 Å². The summed E-state index contributed by atoms with van der Waals surface area (Å²) in [6.45, 7) is 0.564. The molecule has 1 aliphatic heterocycles. The van der Waals surface area contributed by atoms with Crippen molar-refractivity contribution in [2.24, 2.45) is 5.92 Å². The summed E-state index contributed by atoms with van der Waals surface area (Å²) >= 11 is 6.10. The molecule has 2 aromatic rings. The third-order valence-corrected chi connectivity index (χ3v) is 6.77. The number of anilines is 2. The summed E-state index contributed by atoms with van der Waals surface area (Å²) < 4.78 is 32.8. The first-order valence-electron chi connectivity index (χ1n) is 9.15. The highest BCUT2D eigenvalue weighted by atomic mass is 35.5. The molecule has 1 heterocycles. The molecule has 2 aliphatic rings. The minimum Gasteiger partial charge on any atom is -0.465 e. The van der Waals surface area contributed by atoms with Crippen molar-refractivity contribution in [3.63, 3.8) is 0 Å². The van der Waals surface area contributed by atoms with Gasteiger partial charge in [-0.05, 0) is 61.2 Å². The maximum atomic E-state index is 12.9. The number of nitrogens with zero attached hydrogens (tertiary/aromatic N) is 1. The van der Waals surface area contributed by atoms with Crippen LogP contribution in [0.15, 0.2) is 41.3 Å². The third-order valence-electron chi connectivity index (χ3n) is 5.08. The number of hydrogen-bond donors (Lipinski definition) is 1. The molecule has 0 aromatic heterocycles. The van der Waals surface area contributed by atoms with Crippen molar-refractivity contribution in [2.75, 3.05) is 23.3 Å². The lowest BCUT2D eigenvalue weighted by Crippen LogP contribution is -2.30. The Hall–Kier alpha value is -2.58. The standard InChI is InChI=1S/C20H19ClN2O5S/c1-28-20(25)14-4-6-16(21)17(11-14)22-29(26,27)15-5-7-18-13(10-15)8-9-23(18)19(24)12-2-3-12/h4-7,10-12,22H,2-3,8-9H2,1H3. The second-order valence-corrected chi connectivity index (χ2v) is 9.19. The predicted octanol–water partition coefficient (Wildman–Crippen LogP) is 3.23. The summed E-state index contributed by atoms with van der Waals surface area (Å²) in [6.07, 6.45) is 2.45. The number of benzene rings is 2. The first-order valence-corrected chi connectivity index (χ1v) is 11.0. The van der Waals surface area contributed by atoms with Crippen LogP contribution in [0.1, 0.15) is 28.8 Å². The Bertz CT molecular complexity index is 1110. The average Bonchev–Trinajstić information content (AvgIpc) is 3.47. The number of sulfonamides is 1. The van der Waals surface area contributed by atoms with Crippen LogP contribution in [-0.2, 0) is 26.0 Å². The Balaban J connectivity index is 1.60. The van der Waals surface area contributed by atoms with E-state index in [1.165, 1.54) is 31.4 Å². The van der Waals surface area contributed by atoms with E-state index in [1.54, 1.807) is 17.0 Å². The molecule has 152 valence electrons. The molecule has 7 nitrogen and oxygen atoms in total. The molecule has 1 N–H and O–H groups in total. The van der Waals surface area contributed by atoms with Crippen molar-refractivity contribution in [1.29, 1.82) is 0 Å². The smallest absolute Gasteiger partial charge is 0.337 e. The van der Waals surface area contributed by atoms with E-state index in [9.17, 15) is 18.0 Å². The molecule has 1 saturated carbocycles. The molecule has 4 rings (SSSR count). The van der Waals surface area contributed by atoms with Crippen molar-refractivity contribution >= 4 is 44.9 Å². The maximum Gasteiger partial charge on any atom is 0.337 e. The lowest BCUT2D eigenvalue weighted by Gasteiger charge is -2.17. The monoisotopic (exact) mass is 434 g/mol. The molecular formula is C20H19ClN2O5S. The molecule has 0 spiro atoms. The Morgan fingerprint density at radius 1 is 1.17 bits per heavy atom. The fourth-order valence-corrected chi connectivity index (χ4v) is 4.72. The van der Waals surface area contributed by atoms with E-state index in [0.717, 1.165) is 24.1 Å². The second-order valence-electron chi connectivity index (χ2n) is 7.10. The summed E-state index contributed by atoms with van der Waals surface area (Å²) in [5, 5.41) is 0.156. The molecule has 0 atom stereocenters. The van der Waals surface area contributed by atoms with E-state index >= 15 is 0 Å². The number of hydrogen-bond acceptors (Lipinski definition) is 5. The Kier molecular flexibility index (Phi) is 5.00. The molecule has 2 aromatic carbocycles. The summed E-state index contributed by atoms with van der Waals surface area (Å²) in [4.78, 5) is 25.9. The van der Waals surface area contributed by atoms with Crippen molar-refractivity contribution < 1.29 is 22.7 Å². The first kappa shape index (κ1) is 19.7. The first-order chi connectivity index (χ1) is 13.8. The molecule has 1 aliphatic carbocycles. The lowest BCUT2D eigenvalue weighted by molar-refractivity contribution is -0.119. The zero-order chi connectivity index (χ0) is 20.8. The van der Waals surface area contributed by atoms with E-state index < -0.39 is 16.0 Å². The van der Waals surface area contributed by atoms with Gasteiger partial charge < -0.3 is 9.64 Å². The van der Waals surface area contributed by atoms with Crippen molar-refractivity contribution in [2.45, 2.75) is 24.2 Å². The number of nitrogens with one attached hydrogen (secondary N) is 1. The fourth-order valence-electron chi connectivity index (χ4n) is 3.38. The Morgan fingerprint density at radius 3 is 2.62 bits per heavy atom. The van der Waals surface area contributed by atoms with Crippen LogP contribution >= 0.6 is 11.6 Å². The van der Waals surface area contributed by atoms with Gasteiger partial charge in [-0.25, -0.2) is 13.2 Å². The minimum absolute atomic E-state index is 0.0662. The van der Waals surface area contributed by atoms with Gasteiger partial charge in [-0.2, -0.15) is 0 Å². The van der Waals surface area contributed by atoms with Crippen LogP contribution in [0.5, 0.6) is 0 Å². The van der Waals surface area contributed by atoms with Gasteiger partial charge in [0.05, 0.1) is 28.3 Å². The van der Waals surface area contributed by atoms with Gasteiger partial charge in [0, 0.05) is 18.2 Å². The molecule has 9 heteroatoms. The van der Waals surface area contributed by atoms with Crippen LogP contribution < -0.4 is 9.62 Å². The molecular weight excluding hydrogens is 416 g/mol. The van der Waals surface area contributed by atoms with Gasteiger partial charge in [0.15, 0.2) is 0 Å². The molecule has 0 saturated heterocycles. The lowest BCUT2D eigenvalue weighted by atomic mass is 10.2. The van der Waals surface area contributed by atoms with Crippen LogP contribution in [0.3, 0.4) is 0 Å². The molecule has 29 heavy (non-hydrogen) atoms. The highest BCUT2D eigenvalue weighted by Gasteiger charge is 2.36. The predicted molar refractivity (Wildman–Crippen MR) is 109 cm³/mol. The number of fused-ring (bicyclic) bond motifs is 1. The molecule has 0 unspecified atom stereocenters. The second kappa shape index (κ2) is 7.35. The number of halogens is 1. The average molecular weight is 435 g/mol. The van der Waals surface area contributed by atoms with Crippen LogP contribution in [0.2, 0.25) is 5.02 Å². The summed E-state index contributed by atoms with van der Waals surface area (Å²) in [5.74, 6) is -0.376. The van der Waals surface area contributed by atoms with Gasteiger partial charge in [0.1, 0.15) is 0 Å². The maximum absolute atomic E-state index is 12.9. The summed E-state index contributed by atoms with van der Waals surface area (Å²) in [6, 6.07) is 8.93. The summed E-state index contributed by atoms with van der Waals surface area (Å²) in [7, 11) is -2.70. The Labute approximate surface area is 173 Å². The van der Waals surface area contributed by atoms with E-state index in [0.29, 0.717) is 13.0 Å². The Morgan fingerprint density at radius 2 is 1.93 bits per heavy atom. The topological polar surface area (TPSA) is 92.8 Å². The molecule has 1 fully saturated rings. The molecule has 1 amide bonds. The van der Waals surface area contributed by atoms with Gasteiger partial charge in [-0.1, -0.05) is 11.6 Å². The third kappa shape index (κ3) is 3.82. The molecule has 0 radical (unpaired) electrons.